The van der Waals surface area contributed by atoms with E-state index in [0.29, 0.717) is 50.4 Å². The number of nitrogens with zero attached hydrogens (tertiary/aromatic N) is 1. The molecule has 2 aliphatic rings. The molecule has 232 valence electrons. The minimum atomic E-state index is -1.31. The number of hydrogen-bond donors (Lipinski definition) is 7. The number of carbonyl (C=O) groups excluding carboxylic acids is 3. The van der Waals surface area contributed by atoms with Crippen LogP contribution in [-0.2, 0) is 24.0 Å². The Labute approximate surface area is 243 Å². The summed E-state index contributed by atoms with van der Waals surface area (Å²) in [5.74, 6) is -3.08. The molecule has 2 fully saturated rings. The van der Waals surface area contributed by atoms with Crippen LogP contribution in [0.25, 0.3) is 0 Å². The standard InChI is InChI=1S/C26H43N5O9S/c32-20(28-13-7-5-8-18(25(38)39)31(14-22(34)35)15-23(36)37)10-2-1-6-12-27-21(33)11-4-3-9-19-24-17(16-41-19)29-26(40)30-24/h17-19,24H,1-16H2,(H,27,33)(H,28,32)(H,34,35)(H,36,37)(H,38,39)(H2,29,30,40)/t17-,18+,19-,24-/m0/s1. The Morgan fingerprint density at radius 3 is 2.00 bits per heavy atom. The zero-order valence-corrected chi connectivity index (χ0v) is 24.1. The number of nitrogens with one attached hydrogen (secondary N) is 4. The van der Waals surface area contributed by atoms with Crippen molar-refractivity contribution in [1.82, 2.24) is 26.2 Å². The van der Waals surface area contributed by atoms with Crippen LogP contribution in [0.1, 0.15) is 70.6 Å². The highest BCUT2D eigenvalue weighted by molar-refractivity contribution is 8.00. The monoisotopic (exact) mass is 601 g/mol. The van der Waals surface area contributed by atoms with Crippen LogP contribution in [0.5, 0.6) is 0 Å². The van der Waals surface area contributed by atoms with Crippen LogP contribution in [0.4, 0.5) is 4.79 Å². The molecule has 14 nitrogen and oxygen atoms in total. The van der Waals surface area contributed by atoms with E-state index in [1.165, 1.54) is 0 Å². The molecule has 2 heterocycles. The summed E-state index contributed by atoms with van der Waals surface area (Å²) in [6, 6.07) is -0.920. The molecule has 2 aliphatic heterocycles. The highest BCUT2D eigenvalue weighted by atomic mass is 32.2. The second-order valence-electron chi connectivity index (χ2n) is 10.4. The Morgan fingerprint density at radius 2 is 1.41 bits per heavy atom. The molecule has 0 spiro atoms. The van der Waals surface area contributed by atoms with Crippen molar-refractivity contribution in [2.45, 2.75) is 94.0 Å². The van der Waals surface area contributed by atoms with E-state index in [-0.39, 0.29) is 36.3 Å². The first-order valence-corrected chi connectivity index (χ1v) is 15.2. The van der Waals surface area contributed by atoms with E-state index in [2.05, 4.69) is 21.3 Å². The molecule has 0 unspecified atom stereocenters. The first-order chi connectivity index (χ1) is 19.6. The quantitative estimate of drug-likeness (QED) is 0.0674. The van der Waals surface area contributed by atoms with Crippen LogP contribution in [0, 0.1) is 0 Å². The van der Waals surface area contributed by atoms with Crippen LogP contribution >= 0.6 is 11.8 Å². The van der Waals surface area contributed by atoms with Crippen molar-refractivity contribution >= 4 is 47.5 Å². The van der Waals surface area contributed by atoms with E-state index in [1.807, 2.05) is 11.8 Å². The maximum atomic E-state index is 12.1. The van der Waals surface area contributed by atoms with E-state index in [0.717, 1.165) is 42.8 Å². The van der Waals surface area contributed by atoms with E-state index >= 15 is 0 Å². The first-order valence-electron chi connectivity index (χ1n) is 14.2. The highest BCUT2D eigenvalue weighted by Gasteiger charge is 2.42. The predicted molar refractivity (Wildman–Crippen MR) is 151 cm³/mol. The maximum Gasteiger partial charge on any atom is 0.320 e. The van der Waals surface area contributed by atoms with Gasteiger partial charge in [-0.15, -0.1) is 0 Å². The number of unbranched alkanes of at least 4 members (excludes halogenated alkanes) is 4. The number of fused-ring (bicyclic) bond motifs is 1. The smallest absolute Gasteiger partial charge is 0.320 e. The Balaban J connectivity index is 1.45. The summed E-state index contributed by atoms with van der Waals surface area (Å²) in [7, 11) is 0. The van der Waals surface area contributed by atoms with Gasteiger partial charge in [0.05, 0.1) is 25.2 Å². The summed E-state index contributed by atoms with van der Waals surface area (Å²) in [6.45, 7) is -0.479. The van der Waals surface area contributed by atoms with Gasteiger partial charge in [0, 0.05) is 36.9 Å². The van der Waals surface area contributed by atoms with Gasteiger partial charge in [-0.2, -0.15) is 11.8 Å². The fourth-order valence-electron chi connectivity index (χ4n) is 5.04. The van der Waals surface area contributed by atoms with Gasteiger partial charge in [-0.1, -0.05) is 12.8 Å². The van der Waals surface area contributed by atoms with Crippen molar-refractivity contribution in [2.24, 2.45) is 0 Å². The van der Waals surface area contributed by atoms with Crippen molar-refractivity contribution in [3.05, 3.63) is 0 Å². The number of rotatable bonds is 22. The molecule has 0 aliphatic carbocycles. The number of carboxylic acid groups (broad SMARTS) is 3. The third-order valence-electron chi connectivity index (χ3n) is 7.11. The number of hydrogen-bond acceptors (Lipinski definition) is 8. The van der Waals surface area contributed by atoms with Crippen LogP contribution < -0.4 is 21.3 Å². The van der Waals surface area contributed by atoms with Gasteiger partial charge in [-0.05, 0) is 44.9 Å². The Hall–Kier alpha value is -3.07. The van der Waals surface area contributed by atoms with Crippen molar-refractivity contribution in [1.29, 1.82) is 0 Å². The molecule has 4 atom stereocenters. The van der Waals surface area contributed by atoms with Gasteiger partial charge >= 0.3 is 23.9 Å². The summed E-state index contributed by atoms with van der Waals surface area (Å²) in [5.41, 5.74) is 0. The highest BCUT2D eigenvalue weighted by Crippen LogP contribution is 2.33. The molecule has 0 saturated carbocycles. The van der Waals surface area contributed by atoms with Crippen LogP contribution in [0.3, 0.4) is 0 Å². The molecule has 15 heteroatoms. The molecular weight excluding hydrogens is 558 g/mol. The SMILES string of the molecule is O=C(O)CN(CC(=O)O)[C@H](CCCCNC(=O)CCCCCNC(=O)CCCC[C@@H]1SC[C@@H]2NC(=O)N[C@@H]21)C(=O)O. The maximum absolute atomic E-state index is 12.1. The second kappa shape index (κ2) is 18.4. The lowest BCUT2D eigenvalue weighted by molar-refractivity contribution is -0.149. The molecule has 7 N–H and O–H groups in total. The van der Waals surface area contributed by atoms with Gasteiger partial charge in [-0.3, -0.25) is 28.9 Å². The van der Waals surface area contributed by atoms with E-state index in [1.54, 1.807) is 0 Å². The van der Waals surface area contributed by atoms with Crippen molar-refractivity contribution < 1.29 is 44.1 Å². The zero-order valence-electron chi connectivity index (χ0n) is 23.3. The molecule has 0 radical (unpaired) electrons. The van der Waals surface area contributed by atoms with Crippen molar-refractivity contribution in [2.75, 3.05) is 31.9 Å². The summed E-state index contributed by atoms with van der Waals surface area (Å²) in [4.78, 5) is 69.8. The summed E-state index contributed by atoms with van der Waals surface area (Å²) >= 11 is 1.87. The largest absolute Gasteiger partial charge is 0.480 e. The van der Waals surface area contributed by atoms with Crippen LogP contribution in [0.2, 0.25) is 0 Å². The third kappa shape index (κ3) is 13.4. The third-order valence-corrected chi connectivity index (χ3v) is 8.62. The number of aliphatic carboxylic acids is 3. The molecule has 2 rings (SSSR count). The minimum Gasteiger partial charge on any atom is -0.480 e. The summed E-state index contributed by atoms with van der Waals surface area (Å²) < 4.78 is 0. The number of carboxylic acids is 3. The minimum absolute atomic E-state index is 0.0229. The van der Waals surface area contributed by atoms with E-state index in [9.17, 15) is 33.9 Å². The Bertz CT molecular complexity index is 906. The molecule has 0 aromatic heterocycles. The van der Waals surface area contributed by atoms with E-state index in [4.69, 9.17) is 10.2 Å². The van der Waals surface area contributed by atoms with Crippen LogP contribution in [0.15, 0.2) is 0 Å². The van der Waals surface area contributed by atoms with Crippen LogP contribution in [-0.4, -0.2) is 111 Å². The van der Waals surface area contributed by atoms with Gasteiger partial charge in [0.25, 0.3) is 0 Å². The Kier molecular flexibility index (Phi) is 15.3. The summed E-state index contributed by atoms with van der Waals surface area (Å²) in [6.07, 6.45) is 6.69. The number of amides is 4. The van der Waals surface area contributed by atoms with Gasteiger partial charge in [0.2, 0.25) is 11.8 Å². The van der Waals surface area contributed by atoms with Crippen molar-refractivity contribution in [3.63, 3.8) is 0 Å². The predicted octanol–water partition coefficient (Wildman–Crippen LogP) is 0.600. The normalized spacial score (nSPS) is 20.1. The zero-order chi connectivity index (χ0) is 30.2. The number of urea groups is 1. The number of thioether (sulfide) groups is 1. The lowest BCUT2D eigenvalue weighted by atomic mass is 10.0. The lowest BCUT2D eigenvalue weighted by Gasteiger charge is -2.25. The topological polar surface area (TPSA) is 214 Å². The molecule has 0 aromatic rings. The first kappa shape index (κ1) is 34.1. The van der Waals surface area contributed by atoms with Gasteiger partial charge in [-0.25, -0.2) is 4.79 Å². The molecule has 0 bridgehead atoms. The second-order valence-corrected chi connectivity index (χ2v) is 11.7. The summed E-state index contributed by atoms with van der Waals surface area (Å²) in [5, 5.41) is 39.2. The van der Waals surface area contributed by atoms with Crippen molar-refractivity contribution in [3.8, 4) is 0 Å². The van der Waals surface area contributed by atoms with Gasteiger partial charge in [0.1, 0.15) is 6.04 Å². The fraction of sp³-hybridized carbons (Fsp3) is 0.769. The molecule has 41 heavy (non-hydrogen) atoms. The molecular formula is C26H43N5O9S. The Morgan fingerprint density at radius 1 is 0.829 bits per heavy atom. The fourth-order valence-corrected chi connectivity index (χ4v) is 6.59. The average molecular weight is 602 g/mol. The number of carbonyl (C=O) groups is 6. The molecule has 0 aromatic carbocycles. The van der Waals surface area contributed by atoms with Gasteiger partial charge < -0.3 is 36.6 Å². The van der Waals surface area contributed by atoms with E-state index < -0.39 is 37.0 Å². The molecule has 4 amide bonds. The lowest BCUT2D eigenvalue weighted by Crippen LogP contribution is -2.46. The van der Waals surface area contributed by atoms with Gasteiger partial charge in [0.15, 0.2) is 0 Å². The average Bonchev–Trinajstić information content (AvgIpc) is 3.44. The molecule has 2 saturated heterocycles.